The maximum Gasteiger partial charge on any atom is 0.0543 e. The molecule has 4 heteroatoms. The molecule has 1 aromatic heterocycles. The third-order valence-corrected chi connectivity index (χ3v) is 9.09. The van der Waals surface area contributed by atoms with E-state index in [2.05, 4.69) is 153 Å². The maximum atomic E-state index is 8.15. The average molecular weight is 655 g/mol. The minimum Gasteiger partial charge on any atom is -0.361 e. The van der Waals surface area contributed by atoms with Gasteiger partial charge in [-0.2, -0.15) is 0 Å². The number of anilines is 2. The Bertz CT molecular complexity index is 2190. The molecule has 0 spiro atoms. The normalized spacial score (nSPS) is 13.3. The SMILES string of the molecule is C=C/C(=C\C=N)C/C=C(\C=N)c1ccc2c(Nc3cccc4ccccc34)c(C(=C)/C=C\C(CC)c3c[nH]c(C(/C=C\C)=C/C)c3)ccc2c1. The van der Waals surface area contributed by atoms with Crippen molar-refractivity contribution in [2.45, 2.75) is 39.5 Å². The molecule has 250 valence electrons. The highest BCUT2D eigenvalue weighted by Gasteiger charge is 2.14. The summed E-state index contributed by atoms with van der Waals surface area (Å²) >= 11 is 0. The van der Waals surface area contributed by atoms with Crippen LogP contribution >= 0.6 is 0 Å². The van der Waals surface area contributed by atoms with Crippen molar-refractivity contribution >= 4 is 62.1 Å². The number of fused-ring (bicyclic) bond motifs is 2. The van der Waals surface area contributed by atoms with Crippen LogP contribution in [0, 0.1) is 10.8 Å². The summed E-state index contributed by atoms with van der Waals surface area (Å²) in [6, 6.07) is 27.6. The molecule has 50 heavy (non-hydrogen) atoms. The van der Waals surface area contributed by atoms with Crippen molar-refractivity contribution in [2.75, 3.05) is 5.32 Å². The molecule has 0 bridgehead atoms. The third kappa shape index (κ3) is 7.99. The van der Waals surface area contributed by atoms with Gasteiger partial charge in [-0.3, -0.25) is 0 Å². The second-order valence-corrected chi connectivity index (χ2v) is 12.2. The van der Waals surface area contributed by atoms with E-state index in [4.69, 9.17) is 10.8 Å². The highest BCUT2D eigenvalue weighted by molar-refractivity contribution is 6.11. The van der Waals surface area contributed by atoms with Crippen LogP contribution < -0.4 is 5.32 Å². The number of allylic oxidation sites excluding steroid dienone is 12. The quantitative estimate of drug-likeness (QED) is 0.0658. The van der Waals surface area contributed by atoms with Crippen LogP contribution in [0.4, 0.5) is 11.4 Å². The smallest absolute Gasteiger partial charge is 0.0543 e. The largest absolute Gasteiger partial charge is 0.361 e. The lowest BCUT2D eigenvalue weighted by Crippen LogP contribution is -1.98. The Hall–Kier alpha value is -6.00. The second kappa shape index (κ2) is 16.9. The molecule has 1 atom stereocenters. The van der Waals surface area contributed by atoms with E-state index in [1.165, 1.54) is 29.0 Å². The number of nitrogens with one attached hydrogen (secondary N) is 4. The first kappa shape index (κ1) is 35.3. The van der Waals surface area contributed by atoms with Gasteiger partial charge in [0.15, 0.2) is 0 Å². The molecule has 5 aromatic rings. The van der Waals surface area contributed by atoms with Crippen molar-refractivity contribution in [2.24, 2.45) is 0 Å². The highest BCUT2D eigenvalue weighted by Crippen LogP contribution is 2.38. The molecule has 0 fully saturated rings. The van der Waals surface area contributed by atoms with Crippen LogP contribution in [0.25, 0.3) is 38.3 Å². The molecule has 5 rings (SSSR count). The van der Waals surface area contributed by atoms with Crippen molar-refractivity contribution in [3.8, 4) is 0 Å². The third-order valence-electron chi connectivity index (χ3n) is 9.09. The Morgan fingerprint density at radius 3 is 2.46 bits per heavy atom. The van der Waals surface area contributed by atoms with Crippen LogP contribution in [0.2, 0.25) is 0 Å². The van der Waals surface area contributed by atoms with E-state index in [0.717, 1.165) is 67.5 Å². The second-order valence-electron chi connectivity index (χ2n) is 12.2. The Morgan fingerprint density at radius 2 is 1.72 bits per heavy atom. The summed E-state index contributed by atoms with van der Waals surface area (Å²) in [7, 11) is 0. The van der Waals surface area contributed by atoms with Crippen LogP contribution in [0.15, 0.2) is 152 Å². The fourth-order valence-electron chi connectivity index (χ4n) is 6.31. The molecule has 0 amide bonds. The van der Waals surface area contributed by atoms with Gasteiger partial charge in [0.25, 0.3) is 0 Å². The lowest BCUT2D eigenvalue weighted by molar-refractivity contribution is 0.807. The van der Waals surface area contributed by atoms with Gasteiger partial charge in [-0.05, 0) is 95.2 Å². The molecule has 4 nitrogen and oxygen atoms in total. The lowest BCUT2D eigenvalue weighted by atomic mass is 9.93. The van der Waals surface area contributed by atoms with Crippen molar-refractivity contribution in [1.82, 2.24) is 4.98 Å². The Balaban J connectivity index is 1.56. The average Bonchev–Trinajstić information content (AvgIpc) is 3.63. The lowest BCUT2D eigenvalue weighted by Gasteiger charge is -2.18. The monoisotopic (exact) mass is 654 g/mol. The molecular weight excluding hydrogens is 609 g/mol. The topological polar surface area (TPSA) is 75.5 Å². The molecule has 4 aromatic carbocycles. The van der Waals surface area contributed by atoms with E-state index >= 15 is 0 Å². The molecular formula is C46H46N4. The molecule has 1 unspecified atom stereocenters. The van der Waals surface area contributed by atoms with Crippen LogP contribution in [0.1, 0.15) is 61.9 Å². The van der Waals surface area contributed by atoms with Gasteiger partial charge in [0, 0.05) is 52.3 Å². The summed E-state index contributed by atoms with van der Waals surface area (Å²) in [6.07, 6.45) is 22.5. The number of hydrogen-bond donors (Lipinski definition) is 4. The zero-order chi connectivity index (χ0) is 35.5. The highest BCUT2D eigenvalue weighted by atomic mass is 14.9. The molecule has 0 aliphatic rings. The first-order valence-corrected chi connectivity index (χ1v) is 17.1. The molecule has 0 aliphatic heterocycles. The number of H-pyrrole nitrogens is 1. The summed E-state index contributed by atoms with van der Waals surface area (Å²) in [6.45, 7) is 14.7. The van der Waals surface area contributed by atoms with E-state index < -0.39 is 0 Å². The molecule has 1 heterocycles. The Labute approximate surface area is 296 Å². The van der Waals surface area contributed by atoms with E-state index in [1.54, 1.807) is 12.2 Å². The van der Waals surface area contributed by atoms with Crippen LogP contribution in [0.3, 0.4) is 0 Å². The van der Waals surface area contributed by atoms with E-state index in [1.807, 2.05) is 13.0 Å². The van der Waals surface area contributed by atoms with Gasteiger partial charge in [0.1, 0.15) is 0 Å². The van der Waals surface area contributed by atoms with Gasteiger partial charge in [-0.15, -0.1) is 0 Å². The molecule has 0 radical (unpaired) electrons. The van der Waals surface area contributed by atoms with E-state index in [0.29, 0.717) is 6.42 Å². The fourth-order valence-corrected chi connectivity index (χ4v) is 6.31. The number of aromatic amines is 1. The Kier molecular flexibility index (Phi) is 11.9. The first-order chi connectivity index (χ1) is 24.4. The first-order valence-electron chi connectivity index (χ1n) is 17.1. The van der Waals surface area contributed by atoms with Crippen LogP contribution in [0.5, 0.6) is 0 Å². The number of benzene rings is 4. The fraction of sp³-hybridized carbons (Fsp3) is 0.130. The summed E-state index contributed by atoms with van der Waals surface area (Å²) in [5.41, 5.74) is 10.2. The summed E-state index contributed by atoms with van der Waals surface area (Å²) in [5.74, 6) is 0.236. The summed E-state index contributed by atoms with van der Waals surface area (Å²) in [5, 5.41) is 23.8. The molecule has 0 saturated carbocycles. The molecule has 0 saturated heterocycles. The number of rotatable bonds is 15. The number of aromatic nitrogens is 1. The summed E-state index contributed by atoms with van der Waals surface area (Å²) in [4.78, 5) is 3.47. The van der Waals surface area contributed by atoms with Crippen molar-refractivity contribution < 1.29 is 0 Å². The van der Waals surface area contributed by atoms with Gasteiger partial charge in [0.2, 0.25) is 0 Å². The van der Waals surface area contributed by atoms with Gasteiger partial charge < -0.3 is 21.1 Å². The summed E-state index contributed by atoms with van der Waals surface area (Å²) < 4.78 is 0. The van der Waals surface area contributed by atoms with Crippen molar-refractivity contribution in [3.05, 3.63) is 175 Å². The maximum absolute atomic E-state index is 8.15. The predicted octanol–water partition coefficient (Wildman–Crippen LogP) is 13.0. The van der Waals surface area contributed by atoms with Gasteiger partial charge in [-0.1, -0.05) is 123 Å². The van der Waals surface area contributed by atoms with Crippen LogP contribution in [-0.4, -0.2) is 17.4 Å². The molecule has 4 N–H and O–H groups in total. The standard InChI is InChI=1S/C46H46N4/c1-6-13-35(9-4)45-29-40(31-49-45)34(8-3)20-18-32(5)41-24-23-38-28-37(39(30-48)21-19-33(7-2)26-27-47)22-25-43(38)46(41)50-44-17-12-15-36-14-10-11-16-42(36)44/h6-7,9-18,20-31,34,47-50H,2,5,8,19H2,1,3-4H3/b13-6-,20-18-,33-26+,35-9+,39-21+,47-27?,48-30?. The van der Waals surface area contributed by atoms with Gasteiger partial charge >= 0.3 is 0 Å². The minimum atomic E-state index is 0.236. The predicted molar refractivity (Wildman–Crippen MR) is 220 cm³/mol. The zero-order valence-electron chi connectivity index (χ0n) is 29.3. The van der Waals surface area contributed by atoms with Crippen molar-refractivity contribution in [3.63, 3.8) is 0 Å². The van der Waals surface area contributed by atoms with Crippen molar-refractivity contribution in [1.29, 1.82) is 10.8 Å². The van der Waals surface area contributed by atoms with E-state index in [9.17, 15) is 0 Å². The Morgan fingerprint density at radius 1 is 0.900 bits per heavy atom. The number of hydrogen-bond acceptors (Lipinski definition) is 3. The van der Waals surface area contributed by atoms with Gasteiger partial charge in [0.05, 0.1) is 5.69 Å². The minimum absolute atomic E-state index is 0.236. The zero-order valence-corrected chi connectivity index (χ0v) is 29.3. The van der Waals surface area contributed by atoms with E-state index in [-0.39, 0.29) is 5.92 Å². The molecule has 0 aliphatic carbocycles. The van der Waals surface area contributed by atoms with Crippen LogP contribution in [-0.2, 0) is 0 Å². The van der Waals surface area contributed by atoms with Gasteiger partial charge in [-0.25, -0.2) is 0 Å².